The molecule has 5 nitrogen and oxygen atoms in total. The zero-order chi connectivity index (χ0) is 17.9. The molecule has 1 aliphatic rings. The number of carbonyl (C=O) groups excluding carboxylic acids is 1. The van der Waals surface area contributed by atoms with Gasteiger partial charge in [-0.25, -0.2) is 12.8 Å². The van der Waals surface area contributed by atoms with Gasteiger partial charge in [-0.3, -0.25) is 4.79 Å². The second kappa shape index (κ2) is 8.96. The van der Waals surface area contributed by atoms with E-state index in [-0.39, 0.29) is 41.6 Å². The average Bonchev–Trinajstić information content (AvgIpc) is 2.55. The molecule has 142 valence electrons. The first-order chi connectivity index (χ1) is 11.2. The third-order valence-corrected chi connectivity index (χ3v) is 6.84. The van der Waals surface area contributed by atoms with Crippen LogP contribution >= 0.6 is 12.4 Å². The molecule has 1 aromatic rings. The molecule has 1 heterocycles. The van der Waals surface area contributed by atoms with Gasteiger partial charge in [-0.1, -0.05) is 0 Å². The second-order valence-corrected chi connectivity index (χ2v) is 8.98. The summed E-state index contributed by atoms with van der Waals surface area (Å²) in [5.74, 6) is -0.404. The van der Waals surface area contributed by atoms with E-state index in [0.717, 1.165) is 25.0 Å². The van der Waals surface area contributed by atoms with Gasteiger partial charge in [0.15, 0.2) is 9.84 Å². The number of piperidine rings is 1. The molecule has 25 heavy (non-hydrogen) atoms. The van der Waals surface area contributed by atoms with E-state index >= 15 is 0 Å². The number of halogens is 2. The maximum atomic E-state index is 13.0. The molecule has 1 amide bonds. The highest BCUT2D eigenvalue weighted by Crippen LogP contribution is 2.23. The Morgan fingerprint density at radius 3 is 2.48 bits per heavy atom. The Balaban J connectivity index is 0.00000312. The molecule has 0 bridgehead atoms. The molecule has 0 aliphatic carbocycles. The molecule has 2 rings (SSSR count). The van der Waals surface area contributed by atoms with Crippen molar-refractivity contribution in [3.63, 3.8) is 0 Å². The summed E-state index contributed by atoms with van der Waals surface area (Å²) in [6, 6.07) is 4.71. The van der Waals surface area contributed by atoms with Crippen LogP contribution in [0.4, 0.5) is 4.39 Å². The second-order valence-electron chi connectivity index (χ2n) is 6.61. The van der Waals surface area contributed by atoms with Gasteiger partial charge in [0.2, 0.25) is 5.91 Å². The van der Waals surface area contributed by atoms with Gasteiger partial charge in [-0.15, -0.1) is 12.4 Å². The van der Waals surface area contributed by atoms with Crippen molar-refractivity contribution >= 4 is 28.2 Å². The molecule has 0 aromatic heterocycles. The number of sulfone groups is 1. The first kappa shape index (κ1) is 21.9. The third kappa shape index (κ3) is 5.39. The van der Waals surface area contributed by atoms with Crippen molar-refractivity contribution in [2.75, 3.05) is 13.1 Å². The summed E-state index contributed by atoms with van der Waals surface area (Å²) >= 11 is 0. The number of rotatable bonds is 5. The normalized spacial score (nSPS) is 20.5. The molecule has 0 saturated carbocycles. The minimum atomic E-state index is -3.66. The molecule has 3 unspecified atom stereocenters. The number of likely N-dealkylation sites (tertiary alicyclic amines) is 1. The highest BCUT2D eigenvalue weighted by atomic mass is 35.5. The predicted octanol–water partition coefficient (Wildman–Crippen LogP) is 2.39. The minimum Gasteiger partial charge on any atom is -0.342 e. The summed E-state index contributed by atoms with van der Waals surface area (Å²) in [5.41, 5.74) is 5.92. The maximum absolute atomic E-state index is 13.0. The van der Waals surface area contributed by atoms with E-state index in [4.69, 9.17) is 5.73 Å². The first-order valence-corrected chi connectivity index (χ1v) is 9.79. The van der Waals surface area contributed by atoms with Crippen molar-refractivity contribution in [2.24, 2.45) is 11.7 Å². The summed E-state index contributed by atoms with van der Waals surface area (Å²) in [7, 11) is -3.66. The first-order valence-electron chi connectivity index (χ1n) is 8.24. The van der Waals surface area contributed by atoms with Crippen LogP contribution in [0.2, 0.25) is 0 Å². The van der Waals surface area contributed by atoms with Crippen LogP contribution < -0.4 is 5.73 Å². The lowest BCUT2D eigenvalue weighted by Crippen LogP contribution is -2.46. The Bertz CT molecular complexity index is 680. The summed E-state index contributed by atoms with van der Waals surface area (Å²) in [6.45, 7) is 4.68. The summed E-state index contributed by atoms with van der Waals surface area (Å²) in [4.78, 5) is 14.2. The number of nitrogens with zero attached hydrogens (tertiary/aromatic N) is 1. The van der Waals surface area contributed by atoms with Crippen molar-refractivity contribution in [1.29, 1.82) is 0 Å². The molecule has 8 heteroatoms. The summed E-state index contributed by atoms with van der Waals surface area (Å²) in [5, 5.41) is -0.855. The smallest absolute Gasteiger partial charge is 0.223 e. The number of hydrogen-bond acceptors (Lipinski definition) is 4. The number of benzene rings is 1. The fraction of sp³-hybridized carbons (Fsp3) is 0.588. The van der Waals surface area contributed by atoms with Crippen LogP contribution in [0.3, 0.4) is 0 Å². The van der Waals surface area contributed by atoms with Gasteiger partial charge in [-0.05, 0) is 56.9 Å². The molecule has 3 atom stereocenters. The topological polar surface area (TPSA) is 80.5 Å². The maximum Gasteiger partial charge on any atom is 0.223 e. The van der Waals surface area contributed by atoms with Gasteiger partial charge in [0.1, 0.15) is 5.82 Å². The van der Waals surface area contributed by atoms with E-state index in [0.29, 0.717) is 13.1 Å². The van der Waals surface area contributed by atoms with Crippen molar-refractivity contribution in [3.8, 4) is 0 Å². The molecule has 0 spiro atoms. The Hall–Kier alpha value is -1.18. The van der Waals surface area contributed by atoms with Gasteiger partial charge in [-0.2, -0.15) is 0 Å². The Morgan fingerprint density at radius 2 is 1.92 bits per heavy atom. The monoisotopic (exact) mass is 392 g/mol. The standard InChI is InChI=1S/C17H25FN2O3S.ClH/c1-12(24(22,23)16-7-5-15(18)6-8-16)10-17(21)20-9-3-4-14(11-20)13(2)19;/h5-8,12-14H,3-4,9-11,19H2,1-2H3;1H. The van der Waals surface area contributed by atoms with E-state index in [1.807, 2.05) is 6.92 Å². The van der Waals surface area contributed by atoms with E-state index in [2.05, 4.69) is 0 Å². The average molecular weight is 393 g/mol. The lowest BCUT2D eigenvalue weighted by Gasteiger charge is -2.35. The van der Waals surface area contributed by atoms with Gasteiger partial charge in [0.25, 0.3) is 0 Å². The zero-order valence-corrected chi connectivity index (χ0v) is 16.2. The van der Waals surface area contributed by atoms with Crippen molar-refractivity contribution in [2.45, 2.75) is 49.3 Å². The van der Waals surface area contributed by atoms with Crippen molar-refractivity contribution in [1.82, 2.24) is 4.90 Å². The van der Waals surface area contributed by atoms with Crippen molar-refractivity contribution < 1.29 is 17.6 Å². The zero-order valence-electron chi connectivity index (χ0n) is 14.5. The number of nitrogens with two attached hydrogens (primary N) is 1. The SMILES string of the molecule is CC(N)C1CCCN(C(=O)CC(C)S(=O)(=O)c2ccc(F)cc2)C1.Cl. The molecule has 1 saturated heterocycles. The van der Waals surface area contributed by atoms with Crippen LogP contribution in [0.15, 0.2) is 29.2 Å². The number of amides is 1. The molecule has 2 N–H and O–H groups in total. The molecular weight excluding hydrogens is 367 g/mol. The molecule has 1 aromatic carbocycles. The Labute approximate surface area is 155 Å². The Kier molecular flexibility index (Phi) is 7.84. The lowest BCUT2D eigenvalue weighted by atomic mass is 9.92. The van der Waals surface area contributed by atoms with Crippen LogP contribution in [0, 0.1) is 11.7 Å². The van der Waals surface area contributed by atoms with E-state index in [9.17, 15) is 17.6 Å². The summed E-state index contributed by atoms with van der Waals surface area (Å²) < 4.78 is 38.0. The van der Waals surface area contributed by atoms with Crippen LogP contribution in [0.1, 0.15) is 33.1 Å². The van der Waals surface area contributed by atoms with Crippen LogP contribution in [0.5, 0.6) is 0 Å². The fourth-order valence-electron chi connectivity index (χ4n) is 3.01. The lowest BCUT2D eigenvalue weighted by molar-refractivity contribution is -0.133. The molecular formula is C17H26ClFN2O3S. The number of hydrogen-bond donors (Lipinski definition) is 1. The highest BCUT2D eigenvalue weighted by molar-refractivity contribution is 7.92. The molecule has 1 aliphatic heterocycles. The fourth-order valence-corrected chi connectivity index (χ4v) is 4.35. The van der Waals surface area contributed by atoms with Gasteiger partial charge >= 0.3 is 0 Å². The quantitative estimate of drug-likeness (QED) is 0.780. The number of carbonyl (C=O) groups is 1. The molecule has 1 fully saturated rings. The van der Waals surface area contributed by atoms with E-state index < -0.39 is 20.9 Å². The molecule has 0 radical (unpaired) electrons. The third-order valence-electron chi connectivity index (χ3n) is 4.69. The van der Waals surface area contributed by atoms with E-state index in [1.54, 1.807) is 4.90 Å². The minimum absolute atomic E-state index is 0. The van der Waals surface area contributed by atoms with Crippen LogP contribution in [-0.4, -0.2) is 43.6 Å². The van der Waals surface area contributed by atoms with Gasteiger partial charge in [0.05, 0.1) is 10.1 Å². The van der Waals surface area contributed by atoms with Gasteiger partial charge < -0.3 is 10.6 Å². The van der Waals surface area contributed by atoms with Gasteiger partial charge in [0, 0.05) is 25.6 Å². The predicted molar refractivity (Wildman–Crippen MR) is 97.9 cm³/mol. The highest BCUT2D eigenvalue weighted by Gasteiger charge is 2.30. The summed E-state index contributed by atoms with van der Waals surface area (Å²) in [6.07, 6.45) is 1.80. The van der Waals surface area contributed by atoms with Crippen molar-refractivity contribution in [3.05, 3.63) is 30.1 Å². The van der Waals surface area contributed by atoms with Crippen LogP contribution in [-0.2, 0) is 14.6 Å². The largest absolute Gasteiger partial charge is 0.342 e. The van der Waals surface area contributed by atoms with Crippen LogP contribution in [0.25, 0.3) is 0 Å². The van der Waals surface area contributed by atoms with E-state index in [1.165, 1.54) is 19.1 Å². The Morgan fingerprint density at radius 1 is 1.32 bits per heavy atom.